The average molecular weight is 240 g/mol. The lowest BCUT2D eigenvalue weighted by Crippen LogP contribution is -2.12. The Bertz CT molecular complexity index is 591. The maximum Gasteiger partial charge on any atom is 0.255 e. The quantitative estimate of drug-likeness (QED) is 0.875. The van der Waals surface area contributed by atoms with E-state index < -0.39 is 0 Å². The number of hydrogen-bond acceptors (Lipinski definition) is 2. The molecule has 0 unspecified atom stereocenters. The van der Waals surface area contributed by atoms with Crippen LogP contribution in [0, 0.1) is 20.8 Å². The molecular formula is C15H16N2O. The van der Waals surface area contributed by atoms with Gasteiger partial charge in [0, 0.05) is 23.1 Å². The molecule has 0 fully saturated rings. The number of pyridine rings is 1. The molecule has 1 amide bonds. The maximum atomic E-state index is 12.1. The van der Waals surface area contributed by atoms with Gasteiger partial charge in [-0.1, -0.05) is 6.07 Å². The molecule has 1 aromatic carbocycles. The second kappa shape index (κ2) is 5.00. The van der Waals surface area contributed by atoms with E-state index in [0.29, 0.717) is 5.56 Å². The minimum absolute atomic E-state index is 0.0938. The number of nitrogens with zero attached hydrogens (tertiary/aromatic N) is 1. The zero-order chi connectivity index (χ0) is 13.1. The Morgan fingerprint density at radius 2 is 1.83 bits per heavy atom. The zero-order valence-electron chi connectivity index (χ0n) is 10.8. The number of carbonyl (C=O) groups is 1. The van der Waals surface area contributed by atoms with Gasteiger partial charge in [-0.3, -0.25) is 9.78 Å². The van der Waals surface area contributed by atoms with Gasteiger partial charge in [-0.25, -0.2) is 0 Å². The zero-order valence-corrected chi connectivity index (χ0v) is 10.8. The first-order chi connectivity index (χ1) is 8.56. The third-order valence-electron chi connectivity index (χ3n) is 2.92. The van der Waals surface area contributed by atoms with Crippen LogP contribution in [0.3, 0.4) is 0 Å². The Balaban J connectivity index is 2.19. The van der Waals surface area contributed by atoms with E-state index in [-0.39, 0.29) is 5.91 Å². The lowest BCUT2D eigenvalue weighted by Gasteiger charge is -2.07. The summed E-state index contributed by atoms with van der Waals surface area (Å²) in [5.74, 6) is -0.0938. The van der Waals surface area contributed by atoms with Gasteiger partial charge in [0.05, 0.1) is 0 Å². The van der Waals surface area contributed by atoms with E-state index in [9.17, 15) is 4.79 Å². The number of anilines is 1. The highest BCUT2D eigenvalue weighted by Crippen LogP contribution is 2.13. The highest BCUT2D eigenvalue weighted by atomic mass is 16.1. The van der Waals surface area contributed by atoms with Crippen LogP contribution in [0.25, 0.3) is 0 Å². The number of benzene rings is 1. The number of amides is 1. The van der Waals surface area contributed by atoms with E-state index in [2.05, 4.69) is 10.3 Å². The van der Waals surface area contributed by atoms with Crippen molar-refractivity contribution in [1.29, 1.82) is 0 Å². The molecule has 0 aliphatic carbocycles. The Hall–Kier alpha value is -2.16. The Labute approximate surface area is 107 Å². The number of rotatable bonds is 2. The van der Waals surface area contributed by atoms with Crippen molar-refractivity contribution in [2.24, 2.45) is 0 Å². The monoisotopic (exact) mass is 240 g/mol. The van der Waals surface area contributed by atoms with E-state index in [4.69, 9.17) is 0 Å². The number of hydrogen-bond donors (Lipinski definition) is 1. The topological polar surface area (TPSA) is 42.0 Å². The minimum Gasteiger partial charge on any atom is -0.322 e. The minimum atomic E-state index is -0.0938. The summed E-state index contributed by atoms with van der Waals surface area (Å²) in [7, 11) is 0. The fourth-order valence-corrected chi connectivity index (χ4v) is 1.71. The van der Waals surface area contributed by atoms with Gasteiger partial charge in [-0.15, -0.1) is 0 Å². The van der Waals surface area contributed by atoms with Crippen molar-refractivity contribution in [2.75, 3.05) is 5.32 Å². The first kappa shape index (κ1) is 12.3. The maximum absolute atomic E-state index is 12.1. The molecule has 1 N–H and O–H groups in total. The number of carbonyl (C=O) groups excluding carboxylic acids is 1. The standard InChI is InChI=1S/C15H16N2O/c1-10-4-5-13(8-11(10)2)15(18)17-14-6-7-16-12(3)9-14/h4-9H,1-3H3,(H,16,17,18). The molecule has 1 heterocycles. The fraction of sp³-hybridized carbons (Fsp3) is 0.200. The first-order valence-electron chi connectivity index (χ1n) is 5.87. The largest absolute Gasteiger partial charge is 0.322 e. The molecule has 2 rings (SSSR count). The molecule has 1 aromatic heterocycles. The van der Waals surface area contributed by atoms with E-state index in [1.807, 2.05) is 45.0 Å². The van der Waals surface area contributed by atoms with Gasteiger partial charge in [-0.2, -0.15) is 0 Å². The summed E-state index contributed by atoms with van der Waals surface area (Å²) in [5, 5.41) is 2.87. The first-order valence-corrected chi connectivity index (χ1v) is 5.87. The molecule has 18 heavy (non-hydrogen) atoms. The summed E-state index contributed by atoms with van der Waals surface area (Å²) in [6.07, 6.45) is 1.69. The van der Waals surface area contributed by atoms with E-state index >= 15 is 0 Å². The molecule has 0 saturated heterocycles. The van der Waals surface area contributed by atoms with Crippen LogP contribution in [0.15, 0.2) is 36.5 Å². The third kappa shape index (κ3) is 2.74. The normalized spacial score (nSPS) is 10.2. The molecule has 0 spiro atoms. The van der Waals surface area contributed by atoms with Crippen molar-refractivity contribution in [3.8, 4) is 0 Å². The predicted molar refractivity (Wildman–Crippen MR) is 72.8 cm³/mol. The molecule has 0 aliphatic heterocycles. The second-order valence-electron chi connectivity index (χ2n) is 4.44. The molecule has 92 valence electrons. The third-order valence-corrected chi connectivity index (χ3v) is 2.92. The summed E-state index contributed by atoms with van der Waals surface area (Å²) in [6.45, 7) is 5.93. The Kier molecular flexibility index (Phi) is 3.42. The van der Waals surface area contributed by atoms with Crippen LogP contribution in [0.4, 0.5) is 5.69 Å². The van der Waals surface area contributed by atoms with Crippen molar-refractivity contribution >= 4 is 11.6 Å². The van der Waals surface area contributed by atoms with Gasteiger partial charge >= 0.3 is 0 Å². The number of aromatic nitrogens is 1. The van der Waals surface area contributed by atoms with Gasteiger partial charge in [-0.05, 0) is 56.2 Å². The van der Waals surface area contributed by atoms with Crippen LogP contribution in [-0.4, -0.2) is 10.9 Å². The van der Waals surface area contributed by atoms with Gasteiger partial charge in [0.1, 0.15) is 0 Å². The molecule has 3 heteroatoms. The molecule has 0 radical (unpaired) electrons. The number of aryl methyl sites for hydroxylation is 3. The van der Waals surface area contributed by atoms with E-state index in [0.717, 1.165) is 16.9 Å². The highest BCUT2D eigenvalue weighted by Gasteiger charge is 2.07. The second-order valence-corrected chi connectivity index (χ2v) is 4.44. The van der Waals surface area contributed by atoms with Crippen LogP contribution in [0.5, 0.6) is 0 Å². The van der Waals surface area contributed by atoms with Crippen LogP contribution in [0.1, 0.15) is 27.2 Å². The summed E-state index contributed by atoms with van der Waals surface area (Å²) in [5.41, 5.74) is 4.63. The van der Waals surface area contributed by atoms with Crippen molar-refractivity contribution in [3.63, 3.8) is 0 Å². The van der Waals surface area contributed by atoms with Gasteiger partial charge in [0.25, 0.3) is 5.91 Å². The van der Waals surface area contributed by atoms with E-state index in [1.54, 1.807) is 12.3 Å². The summed E-state index contributed by atoms with van der Waals surface area (Å²) >= 11 is 0. The van der Waals surface area contributed by atoms with Crippen LogP contribution < -0.4 is 5.32 Å². The summed E-state index contributed by atoms with van der Waals surface area (Å²) < 4.78 is 0. The molecule has 0 aliphatic rings. The molecular weight excluding hydrogens is 224 g/mol. The SMILES string of the molecule is Cc1cc(NC(=O)c2ccc(C)c(C)c2)ccn1. The predicted octanol–water partition coefficient (Wildman–Crippen LogP) is 3.26. The molecule has 0 bridgehead atoms. The van der Waals surface area contributed by atoms with Crippen molar-refractivity contribution in [1.82, 2.24) is 4.98 Å². The van der Waals surface area contributed by atoms with Crippen molar-refractivity contribution in [3.05, 3.63) is 58.9 Å². The number of nitrogens with one attached hydrogen (secondary N) is 1. The molecule has 2 aromatic rings. The van der Waals surface area contributed by atoms with Gasteiger partial charge in [0.15, 0.2) is 0 Å². The van der Waals surface area contributed by atoms with Crippen LogP contribution >= 0.6 is 0 Å². The molecule has 0 saturated carbocycles. The summed E-state index contributed by atoms with van der Waals surface area (Å²) in [4.78, 5) is 16.2. The smallest absolute Gasteiger partial charge is 0.255 e. The Morgan fingerprint density at radius 1 is 1.06 bits per heavy atom. The fourth-order valence-electron chi connectivity index (χ4n) is 1.71. The van der Waals surface area contributed by atoms with Crippen molar-refractivity contribution in [2.45, 2.75) is 20.8 Å². The molecule has 3 nitrogen and oxygen atoms in total. The Morgan fingerprint density at radius 3 is 2.50 bits per heavy atom. The highest BCUT2D eigenvalue weighted by molar-refractivity contribution is 6.04. The summed E-state index contributed by atoms with van der Waals surface area (Å²) in [6, 6.07) is 9.33. The average Bonchev–Trinajstić information content (AvgIpc) is 2.32. The van der Waals surface area contributed by atoms with E-state index in [1.165, 1.54) is 5.56 Å². The van der Waals surface area contributed by atoms with Gasteiger partial charge in [0.2, 0.25) is 0 Å². The molecule has 0 atom stereocenters. The van der Waals surface area contributed by atoms with Crippen molar-refractivity contribution < 1.29 is 4.79 Å². The lowest BCUT2D eigenvalue weighted by molar-refractivity contribution is 0.102. The van der Waals surface area contributed by atoms with Gasteiger partial charge < -0.3 is 5.32 Å². The van der Waals surface area contributed by atoms with Crippen LogP contribution in [0.2, 0.25) is 0 Å². The lowest BCUT2D eigenvalue weighted by atomic mass is 10.1. The van der Waals surface area contributed by atoms with Crippen LogP contribution in [-0.2, 0) is 0 Å².